The molecule has 4 rings (SSSR count). The van der Waals surface area contributed by atoms with Crippen LogP contribution in [0.4, 0.5) is 5.69 Å². The number of phenols is 1. The number of ketones is 2. The van der Waals surface area contributed by atoms with Gasteiger partial charge in [0.05, 0.1) is 11.6 Å². The first kappa shape index (κ1) is 29.6. The lowest BCUT2D eigenvalue weighted by molar-refractivity contribution is -0.148. The number of carbonyl (C=O) groups is 3. The van der Waals surface area contributed by atoms with E-state index in [1.807, 2.05) is 25.1 Å². The van der Waals surface area contributed by atoms with Gasteiger partial charge in [-0.1, -0.05) is 20.8 Å². The zero-order valence-corrected chi connectivity index (χ0v) is 24.1. The molecule has 40 heavy (non-hydrogen) atoms. The van der Waals surface area contributed by atoms with Gasteiger partial charge in [-0.05, 0) is 49.9 Å². The minimum absolute atomic E-state index is 0.00841. The number of hydrogen-bond acceptors (Lipinski definition) is 10. The second-order valence-electron chi connectivity index (χ2n) is 12.8. The van der Waals surface area contributed by atoms with Crippen LogP contribution in [-0.4, -0.2) is 89.2 Å². The molecule has 3 aliphatic carbocycles. The molecule has 1 amide bonds. The summed E-state index contributed by atoms with van der Waals surface area (Å²) in [5.41, 5.74) is 3.58. The Balaban J connectivity index is 1.90. The molecule has 4 atom stereocenters. The number of nitrogens with zero attached hydrogens (tertiary/aromatic N) is 2. The van der Waals surface area contributed by atoms with E-state index in [2.05, 4.69) is 26.1 Å². The number of hydrogen-bond donors (Lipinski definition) is 6. The first-order valence-electron chi connectivity index (χ1n) is 13.3. The Labute approximate surface area is 233 Å². The predicted molar refractivity (Wildman–Crippen MR) is 149 cm³/mol. The molecule has 1 aromatic rings. The number of aliphatic hydroxyl groups is 3. The second-order valence-corrected chi connectivity index (χ2v) is 12.8. The zero-order chi connectivity index (χ0) is 30.1. The Kier molecular flexibility index (Phi) is 7.32. The van der Waals surface area contributed by atoms with E-state index in [9.17, 15) is 34.8 Å². The third-order valence-electron chi connectivity index (χ3n) is 8.23. The van der Waals surface area contributed by atoms with Crippen molar-refractivity contribution in [2.75, 3.05) is 39.6 Å². The molecular formula is C29H40N4O7. The van der Waals surface area contributed by atoms with E-state index in [0.717, 1.165) is 5.69 Å². The Morgan fingerprint density at radius 2 is 1.77 bits per heavy atom. The number of aliphatic hydroxyl groups excluding tert-OH is 2. The van der Waals surface area contributed by atoms with Gasteiger partial charge in [-0.3, -0.25) is 19.3 Å². The number of carbonyl (C=O) groups excluding carboxylic acids is 3. The van der Waals surface area contributed by atoms with Gasteiger partial charge in [-0.25, -0.2) is 0 Å². The third-order valence-corrected chi connectivity index (χ3v) is 8.23. The van der Waals surface area contributed by atoms with Gasteiger partial charge in [0.1, 0.15) is 22.8 Å². The molecule has 3 unspecified atom stereocenters. The van der Waals surface area contributed by atoms with Crippen molar-refractivity contribution in [2.24, 2.45) is 23.0 Å². The number of nitrogens with one attached hydrogen (secondary N) is 1. The number of allylic oxidation sites excluding steroid dienone is 1. The molecule has 218 valence electrons. The highest BCUT2D eigenvalue weighted by atomic mass is 16.3. The summed E-state index contributed by atoms with van der Waals surface area (Å²) < 4.78 is 0. The largest absolute Gasteiger partial charge is 0.510 e. The second kappa shape index (κ2) is 9.90. The van der Waals surface area contributed by atoms with Crippen molar-refractivity contribution in [3.63, 3.8) is 0 Å². The van der Waals surface area contributed by atoms with Crippen LogP contribution in [0.1, 0.15) is 48.7 Å². The molecule has 3 aliphatic rings. The number of amides is 1. The number of fused-ring (bicyclic) bond motifs is 3. The van der Waals surface area contributed by atoms with Crippen molar-refractivity contribution >= 4 is 23.2 Å². The van der Waals surface area contributed by atoms with Crippen molar-refractivity contribution in [1.29, 1.82) is 0 Å². The van der Waals surface area contributed by atoms with Crippen LogP contribution in [0, 0.1) is 17.3 Å². The summed E-state index contributed by atoms with van der Waals surface area (Å²) >= 11 is 0. The molecule has 0 fully saturated rings. The maximum atomic E-state index is 14.1. The topological polar surface area (TPSA) is 177 Å². The normalized spacial score (nSPS) is 26.6. The van der Waals surface area contributed by atoms with Gasteiger partial charge in [-0.2, -0.15) is 0 Å². The van der Waals surface area contributed by atoms with Gasteiger partial charge in [0.2, 0.25) is 5.78 Å². The molecule has 7 N–H and O–H groups in total. The van der Waals surface area contributed by atoms with E-state index in [4.69, 9.17) is 5.73 Å². The SMILES string of the molecule is CN(C)c1cc(CNCC(C)(C)C)c(O)c2c1CC1CC3[C@H](N(C)C)C(O)=C(C(N)=O)C(=O)C3(O)C(O)=C1C2=O. The Hall–Kier alpha value is -3.41. The minimum Gasteiger partial charge on any atom is -0.510 e. The maximum Gasteiger partial charge on any atom is 0.255 e. The highest BCUT2D eigenvalue weighted by Crippen LogP contribution is 2.53. The number of primary amides is 1. The number of anilines is 1. The first-order valence-corrected chi connectivity index (χ1v) is 13.3. The standard InChI is InChI=1S/C29H40N4O7/c1-28(2,3)12-31-11-14-10-17(32(4)5)15-8-13-9-16-21(33(6)7)24(36)20(27(30)39)26(38)29(16,40)25(37)18(13)23(35)19(15)22(14)34/h10,13,16,21,31,34,36-37,40H,8-9,11-12H2,1-7H3,(H2,30,39)/t13?,16?,21-,29?/m0/s1. The lowest BCUT2D eigenvalue weighted by Crippen LogP contribution is -2.63. The molecule has 11 heteroatoms. The zero-order valence-electron chi connectivity index (χ0n) is 24.1. The van der Waals surface area contributed by atoms with Crippen LogP contribution in [0.15, 0.2) is 28.7 Å². The minimum atomic E-state index is -2.66. The maximum absolute atomic E-state index is 14.1. The highest BCUT2D eigenvalue weighted by molar-refractivity contribution is 6.24. The fraction of sp³-hybridized carbons (Fsp3) is 0.552. The summed E-state index contributed by atoms with van der Waals surface area (Å²) in [7, 11) is 6.87. The average molecular weight is 557 g/mol. The van der Waals surface area contributed by atoms with Gasteiger partial charge in [0.25, 0.3) is 5.91 Å². The predicted octanol–water partition coefficient (Wildman–Crippen LogP) is 1.32. The molecule has 0 radical (unpaired) electrons. The van der Waals surface area contributed by atoms with Crippen molar-refractivity contribution in [3.05, 3.63) is 45.4 Å². The Morgan fingerprint density at radius 1 is 1.15 bits per heavy atom. The highest BCUT2D eigenvalue weighted by Gasteiger charge is 2.63. The van der Waals surface area contributed by atoms with E-state index in [-0.39, 0.29) is 35.1 Å². The summed E-state index contributed by atoms with van der Waals surface area (Å²) in [6.45, 7) is 7.17. The number of rotatable bonds is 6. The number of Topliss-reactive ketones (excluding diaryl/α,β-unsaturated/α-hetero) is 2. The first-order chi connectivity index (χ1) is 18.4. The number of benzene rings is 1. The van der Waals surface area contributed by atoms with E-state index in [1.54, 1.807) is 14.1 Å². The summed E-state index contributed by atoms with van der Waals surface area (Å²) in [5, 5.41) is 48.8. The van der Waals surface area contributed by atoms with E-state index < -0.39 is 58.0 Å². The summed E-state index contributed by atoms with van der Waals surface area (Å²) in [6, 6.07) is 0.814. The number of aromatic hydroxyl groups is 1. The molecule has 0 heterocycles. The van der Waals surface area contributed by atoms with Crippen LogP contribution in [-0.2, 0) is 22.6 Å². The van der Waals surface area contributed by atoms with Gasteiger partial charge in [-0.15, -0.1) is 0 Å². The molecule has 0 bridgehead atoms. The monoisotopic (exact) mass is 556 g/mol. The van der Waals surface area contributed by atoms with Crippen molar-refractivity contribution < 1.29 is 34.8 Å². The molecular weight excluding hydrogens is 516 g/mol. The van der Waals surface area contributed by atoms with Crippen LogP contribution < -0.4 is 16.0 Å². The van der Waals surface area contributed by atoms with Crippen LogP contribution >= 0.6 is 0 Å². The van der Waals surface area contributed by atoms with Crippen LogP contribution in [0.25, 0.3) is 0 Å². The molecule has 0 aliphatic heterocycles. The quantitative estimate of drug-likeness (QED) is 0.280. The molecule has 0 saturated heterocycles. The van der Waals surface area contributed by atoms with Gasteiger partial charge in [0, 0.05) is 49.9 Å². The molecule has 0 spiro atoms. The van der Waals surface area contributed by atoms with Gasteiger partial charge >= 0.3 is 0 Å². The van der Waals surface area contributed by atoms with Crippen molar-refractivity contribution in [1.82, 2.24) is 10.2 Å². The number of nitrogens with two attached hydrogens (primary N) is 1. The van der Waals surface area contributed by atoms with E-state index >= 15 is 0 Å². The van der Waals surface area contributed by atoms with Crippen molar-refractivity contribution in [3.8, 4) is 5.75 Å². The van der Waals surface area contributed by atoms with E-state index in [0.29, 0.717) is 24.2 Å². The van der Waals surface area contributed by atoms with Crippen LogP contribution in [0.2, 0.25) is 0 Å². The summed E-state index contributed by atoms with van der Waals surface area (Å²) in [6.07, 6.45) is 0.291. The molecule has 0 aromatic heterocycles. The van der Waals surface area contributed by atoms with Gasteiger partial charge < -0.3 is 36.4 Å². The summed E-state index contributed by atoms with van der Waals surface area (Å²) in [5.74, 6) is -6.54. The Bertz CT molecular complexity index is 1350. The average Bonchev–Trinajstić information content (AvgIpc) is 2.81. The van der Waals surface area contributed by atoms with Crippen LogP contribution in [0.3, 0.4) is 0 Å². The van der Waals surface area contributed by atoms with Crippen LogP contribution in [0.5, 0.6) is 5.75 Å². The lowest BCUT2D eigenvalue weighted by Gasteiger charge is -2.50. The van der Waals surface area contributed by atoms with Crippen molar-refractivity contribution in [2.45, 2.75) is 51.8 Å². The van der Waals surface area contributed by atoms with Gasteiger partial charge in [0.15, 0.2) is 11.4 Å². The number of likely N-dealkylation sites (N-methyl/N-ethyl adjacent to an activating group) is 1. The molecule has 0 saturated carbocycles. The smallest absolute Gasteiger partial charge is 0.255 e. The van der Waals surface area contributed by atoms with E-state index in [1.165, 1.54) is 4.90 Å². The molecule has 1 aromatic carbocycles. The lowest BCUT2D eigenvalue weighted by atomic mass is 9.58. The Morgan fingerprint density at radius 3 is 2.30 bits per heavy atom. The fourth-order valence-electron chi connectivity index (χ4n) is 6.46. The third kappa shape index (κ3) is 4.46. The number of phenolic OH excluding ortho intramolecular Hbond substituents is 1. The fourth-order valence-corrected chi connectivity index (χ4v) is 6.46. The molecule has 11 nitrogen and oxygen atoms in total. The summed E-state index contributed by atoms with van der Waals surface area (Å²) in [4.78, 5) is 43.0.